The Labute approximate surface area is 110 Å². The third-order valence-electron chi connectivity index (χ3n) is 2.85. The Kier molecular flexibility index (Phi) is 2.68. The molecule has 1 aromatic carbocycles. The second-order valence-electron chi connectivity index (χ2n) is 3.92. The van der Waals surface area contributed by atoms with Gasteiger partial charge in [0, 0.05) is 5.56 Å². The summed E-state index contributed by atoms with van der Waals surface area (Å²) in [5, 5.41) is 0.649. The SMILES string of the molecule is COc1ccc(-c2ncc3cccc(Cl)n23)cc1. The molecule has 0 N–H and O–H groups in total. The number of hydrogen-bond acceptors (Lipinski definition) is 2. The van der Waals surface area contributed by atoms with Crippen molar-refractivity contribution in [2.45, 2.75) is 0 Å². The topological polar surface area (TPSA) is 26.5 Å². The summed E-state index contributed by atoms with van der Waals surface area (Å²) in [6.07, 6.45) is 1.81. The van der Waals surface area contributed by atoms with Crippen molar-refractivity contribution >= 4 is 17.1 Å². The summed E-state index contributed by atoms with van der Waals surface area (Å²) >= 11 is 6.21. The van der Waals surface area contributed by atoms with E-state index in [1.165, 1.54) is 0 Å². The number of ether oxygens (including phenoxy) is 1. The summed E-state index contributed by atoms with van der Waals surface area (Å²) in [5.74, 6) is 1.66. The number of benzene rings is 1. The average molecular weight is 259 g/mol. The van der Waals surface area contributed by atoms with Gasteiger partial charge in [0.25, 0.3) is 0 Å². The first-order valence-electron chi connectivity index (χ1n) is 5.56. The zero-order chi connectivity index (χ0) is 12.5. The first kappa shape index (κ1) is 11.1. The summed E-state index contributed by atoms with van der Waals surface area (Å²) in [4.78, 5) is 4.42. The van der Waals surface area contributed by atoms with Gasteiger partial charge < -0.3 is 4.74 Å². The summed E-state index contributed by atoms with van der Waals surface area (Å²) in [6, 6.07) is 13.5. The van der Waals surface area contributed by atoms with E-state index in [1.54, 1.807) is 7.11 Å². The fourth-order valence-corrected chi connectivity index (χ4v) is 2.20. The summed E-state index contributed by atoms with van der Waals surface area (Å²) < 4.78 is 7.06. The van der Waals surface area contributed by atoms with Crippen LogP contribution >= 0.6 is 11.6 Å². The van der Waals surface area contributed by atoms with E-state index in [1.807, 2.05) is 53.1 Å². The van der Waals surface area contributed by atoms with Gasteiger partial charge in [-0.05, 0) is 36.4 Å². The lowest BCUT2D eigenvalue weighted by Crippen LogP contribution is -1.91. The van der Waals surface area contributed by atoms with Gasteiger partial charge in [-0.15, -0.1) is 0 Å². The van der Waals surface area contributed by atoms with Gasteiger partial charge >= 0.3 is 0 Å². The minimum absolute atomic E-state index is 0.649. The molecule has 2 heterocycles. The number of methoxy groups -OCH3 is 1. The van der Waals surface area contributed by atoms with Crippen LogP contribution in [0.15, 0.2) is 48.7 Å². The van der Waals surface area contributed by atoms with Crippen LogP contribution < -0.4 is 4.74 Å². The molecule has 0 aliphatic heterocycles. The lowest BCUT2D eigenvalue weighted by molar-refractivity contribution is 0.415. The third kappa shape index (κ3) is 1.73. The van der Waals surface area contributed by atoms with Crippen LogP contribution in [0.1, 0.15) is 0 Å². The van der Waals surface area contributed by atoms with E-state index in [-0.39, 0.29) is 0 Å². The third-order valence-corrected chi connectivity index (χ3v) is 3.15. The second kappa shape index (κ2) is 4.35. The lowest BCUT2D eigenvalue weighted by atomic mass is 10.2. The highest BCUT2D eigenvalue weighted by Crippen LogP contribution is 2.25. The van der Waals surface area contributed by atoms with Crippen LogP contribution in [0.3, 0.4) is 0 Å². The Morgan fingerprint density at radius 3 is 2.61 bits per heavy atom. The van der Waals surface area contributed by atoms with Crippen molar-refractivity contribution in [1.29, 1.82) is 0 Å². The molecule has 18 heavy (non-hydrogen) atoms. The van der Waals surface area contributed by atoms with Gasteiger partial charge in [-0.3, -0.25) is 4.40 Å². The maximum absolute atomic E-state index is 6.21. The van der Waals surface area contributed by atoms with Gasteiger partial charge in [0.15, 0.2) is 0 Å². The Morgan fingerprint density at radius 1 is 1.11 bits per heavy atom. The minimum atomic E-state index is 0.649. The predicted octanol–water partition coefficient (Wildman–Crippen LogP) is 3.66. The molecule has 2 aromatic heterocycles. The van der Waals surface area contributed by atoms with E-state index in [2.05, 4.69) is 4.98 Å². The van der Waals surface area contributed by atoms with Crippen molar-refractivity contribution in [3.63, 3.8) is 0 Å². The molecule has 0 spiro atoms. The molecule has 0 saturated carbocycles. The van der Waals surface area contributed by atoms with Crippen LogP contribution in [0.2, 0.25) is 5.15 Å². The fraction of sp³-hybridized carbons (Fsp3) is 0.0714. The number of halogens is 1. The van der Waals surface area contributed by atoms with Gasteiger partial charge in [-0.25, -0.2) is 4.98 Å². The maximum atomic E-state index is 6.21. The Balaban J connectivity index is 2.18. The predicted molar refractivity (Wildman–Crippen MR) is 72.2 cm³/mol. The van der Waals surface area contributed by atoms with Gasteiger partial charge in [0.1, 0.15) is 16.7 Å². The van der Waals surface area contributed by atoms with Crippen molar-refractivity contribution in [3.05, 3.63) is 53.8 Å². The normalized spacial score (nSPS) is 10.8. The smallest absolute Gasteiger partial charge is 0.145 e. The summed E-state index contributed by atoms with van der Waals surface area (Å²) in [6.45, 7) is 0. The van der Waals surface area contributed by atoms with Gasteiger partial charge in [-0.2, -0.15) is 0 Å². The number of aromatic nitrogens is 2. The highest BCUT2D eigenvalue weighted by Gasteiger charge is 2.08. The molecular formula is C14H11ClN2O. The number of nitrogens with zero attached hydrogens (tertiary/aromatic N) is 2. The molecule has 4 heteroatoms. The molecular weight excluding hydrogens is 248 g/mol. The van der Waals surface area contributed by atoms with Gasteiger partial charge in [0.2, 0.25) is 0 Å². The number of rotatable bonds is 2. The van der Waals surface area contributed by atoms with Crippen molar-refractivity contribution in [1.82, 2.24) is 9.38 Å². The van der Waals surface area contributed by atoms with Crippen molar-refractivity contribution in [2.75, 3.05) is 7.11 Å². The van der Waals surface area contributed by atoms with E-state index in [4.69, 9.17) is 16.3 Å². The zero-order valence-electron chi connectivity index (χ0n) is 9.80. The van der Waals surface area contributed by atoms with Gasteiger partial charge in [0.05, 0.1) is 18.8 Å². The molecule has 0 amide bonds. The lowest BCUT2D eigenvalue weighted by Gasteiger charge is -2.05. The molecule has 3 nitrogen and oxygen atoms in total. The summed E-state index contributed by atoms with van der Waals surface area (Å²) in [7, 11) is 1.65. The minimum Gasteiger partial charge on any atom is -0.497 e. The molecule has 0 radical (unpaired) electrons. The number of imidazole rings is 1. The molecule has 0 bridgehead atoms. The highest BCUT2D eigenvalue weighted by atomic mass is 35.5. The molecule has 3 aromatic rings. The van der Waals surface area contributed by atoms with Crippen molar-refractivity contribution in [2.24, 2.45) is 0 Å². The van der Waals surface area contributed by atoms with Crippen molar-refractivity contribution in [3.8, 4) is 17.1 Å². The number of fused-ring (bicyclic) bond motifs is 1. The maximum Gasteiger partial charge on any atom is 0.145 e. The van der Waals surface area contributed by atoms with Crippen LogP contribution in [0.4, 0.5) is 0 Å². The Hall–Kier alpha value is -2.00. The van der Waals surface area contributed by atoms with Gasteiger partial charge in [-0.1, -0.05) is 17.7 Å². The van der Waals surface area contributed by atoms with Crippen LogP contribution in [0, 0.1) is 0 Å². The first-order valence-corrected chi connectivity index (χ1v) is 5.94. The van der Waals surface area contributed by atoms with E-state index in [0.717, 1.165) is 22.7 Å². The number of pyridine rings is 1. The van der Waals surface area contributed by atoms with Crippen LogP contribution in [0.25, 0.3) is 16.9 Å². The molecule has 3 rings (SSSR count). The number of hydrogen-bond donors (Lipinski definition) is 0. The van der Waals surface area contributed by atoms with E-state index >= 15 is 0 Å². The Morgan fingerprint density at radius 2 is 1.89 bits per heavy atom. The van der Waals surface area contributed by atoms with Crippen LogP contribution in [-0.2, 0) is 0 Å². The summed E-state index contributed by atoms with van der Waals surface area (Å²) in [5.41, 5.74) is 1.98. The highest BCUT2D eigenvalue weighted by molar-refractivity contribution is 6.30. The van der Waals surface area contributed by atoms with E-state index in [9.17, 15) is 0 Å². The molecule has 0 saturated heterocycles. The largest absolute Gasteiger partial charge is 0.497 e. The zero-order valence-corrected chi connectivity index (χ0v) is 10.6. The van der Waals surface area contributed by atoms with E-state index < -0.39 is 0 Å². The van der Waals surface area contributed by atoms with E-state index in [0.29, 0.717) is 5.15 Å². The van der Waals surface area contributed by atoms with Crippen molar-refractivity contribution < 1.29 is 4.74 Å². The standard InChI is InChI=1S/C14H11ClN2O/c1-18-12-7-5-10(6-8-12)14-16-9-11-3-2-4-13(15)17(11)14/h2-9H,1H3. The monoisotopic (exact) mass is 258 g/mol. The Bertz CT molecular complexity index is 689. The molecule has 0 unspecified atom stereocenters. The first-order chi connectivity index (χ1) is 8.79. The second-order valence-corrected chi connectivity index (χ2v) is 4.31. The molecule has 90 valence electrons. The molecule has 0 aliphatic rings. The molecule has 0 aliphatic carbocycles. The average Bonchev–Trinajstić information content (AvgIpc) is 2.84. The fourth-order valence-electron chi connectivity index (χ4n) is 1.95. The molecule has 0 fully saturated rings. The van der Waals surface area contributed by atoms with Crippen LogP contribution in [0.5, 0.6) is 5.75 Å². The molecule has 0 atom stereocenters. The quantitative estimate of drug-likeness (QED) is 0.656. The van der Waals surface area contributed by atoms with Crippen LogP contribution in [-0.4, -0.2) is 16.5 Å².